The molecule has 20 heavy (non-hydrogen) atoms. The Morgan fingerprint density at radius 3 is 2.40 bits per heavy atom. The standard InChI is InChI=1S/C14H15F3N2O/c1-9-12(8-20)10(2)19(18-9)7-11-5-3-4-6-13(11)14(15,16)17/h3-6,20H,7-8H2,1-2H3. The molecule has 0 spiro atoms. The Morgan fingerprint density at radius 2 is 1.85 bits per heavy atom. The molecule has 0 radical (unpaired) electrons. The van der Waals surface area contributed by atoms with E-state index >= 15 is 0 Å². The number of nitrogens with zero attached hydrogens (tertiary/aromatic N) is 2. The first-order valence-corrected chi connectivity index (χ1v) is 6.13. The highest BCUT2D eigenvalue weighted by Crippen LogP contribution is 2.32. The van der Waals surface area contributed by atoms with E-state index in [0.29, 0.717) is 17.0 Å². The minimum Gasteiger partial charge on any atom is -0.392 e. The monoisotopic (exact) mass is 284 g/mol. The lowest BCUT2D eigenvalue weighted by Crippen LogP contribution is -2.13. The van der Waals surface area contributed by atoms with Crippen LogP contribution in [0.15, 0.2) is 24.3 Å². The summed E-state index contributed by atoms with van der Waals surface area (Å²) in [4.78, 5) is 0. The summed E-state index contributed by atoms with van der Waals surface area (Å²) in [6.07, 6.45) is -4.38. The van der Waals surface area contributed by atoms with Crippen LogP contribution in [0.25, 0.3) is 0 Å². The quantitative estimate of drug-likeness (QED) is 0.940. The van der Waals surface area contributed by atoms with E-state index in [1.807, 2.05) is 0 Å². The van der Waals surface area contributed by atoms with Crippen LogP contribution in [-0.4, -0.2) is 14.9 Å². The van der Waals surface area contributed by atoms with Gasteiger partial charge in [0, 0.05) is 11.3 Å². The molecule has 0 aliphatic carbocycles. The molecule has 0 saturated heterocycles. The number of aliphatic hydroxyl groups is 1. The van der Waals surface area contributed by atoms with Gasteiger partial charge in [-0.2, -0.15) is 18.3 Å². The van der Waals surface area contributed by atoms with Gasteiger partial charge >= 0.3 is 6.18 Å². The highest BCUT2D eigenvalue weighted by Gasteiger charge is 2.33. The molecule has 0 fully saturated rings. The maximum Gasteiger partial charge on any atom is 0.416 e. The van der Waals surface area contributed by atoms with Gasteiger partial charge in [0.1, 0.15) is 0 Å². The van der Waals surface area contributed by atoms with E-state index in [1.165, 1.54) is 16.8 Å². The molecule has 3 nitrogen and oxygen atoms in total. The smallest absolute Gasteiger partial charge is 0.392 e. The summed E-state index contributed by atoms with van der Waals surface area (Å²) in [6.45, 7) is 3.33. The molecule has 0 atom stereocenters. The number of aromatic nitrogens is 2. The van der Waals surface area contributed by atoms with E-state index in [-0.39, 0.29) is 18.7 Å². The second kappa shape index (κ2) is 5.28. The topological polar surface area (TPSA) is 38.0 Å². The van der Waals surface area contributed by atoms with Gasteiger partial charge in [0.2, 0.25) is 0 Å². The SMILES string of the molecule is Cc1nn(Cc2ccccc2C(F)(F)F)c(C)c1CO. The molecule has 108 valence electrons. The van der Waals surface area contributed by atoms with Gasteiger partial charge in [0.15, 0.2) is 0 Å². The highest BCUT2D eigenvalue weighted by molar-refractivity contribution is 5.31. The maximum absolute atomic E-state index is 12.9. The number of hydrogen-bond acceptors (Lipinski definition) is 2. The first-order valence-electron chi connectivity index (χ1n) is 6.13. The van der Waals surface area contributed by atoms with Crippen molar-refractivity contribution in [2.75, 3.05) is 0 Å². The van der Waals surface area contributed by atoms with Crippen LogP contribution in [-0.2, 0) is 19.3 Å². The third-order valence-corrected chi connectivity index (χ3v) is 3.33. The number of hydrogen-bond donors (Lipinski definition) is 1. The molecule has 1 heterocycles. The first kappa shape index (κ1) is 14.6. The molecule has 6 heteroatoms. The van der Waals surface area contributed by atoms with Crippen LogP contribution < -0.4 is 0 Å². The minimum atomic E-state index is -4.38. The number of rotatable bonds is 3. The van der Waals surface area contributed by atoms with Crippen LogP contribution in [0.2, 0.25) is 0 Å². The number of benzene rings is 1. The summed E-state index contributed by atoms with van der Waals surface area (Å²) in [5.41, 5.74) is 1.49. The molecule has 2 aromatic rings. The first-order chi connectivity index (χ1) is 9.34. The van der Waals surface area contributed by atoms with Crippen molar-refractivity contribution < 1.29 is 18.3 Å². The third kappa shape index (κ3) is 2.70. The van der Waals surface area contributed by atoms with Gasteiger partial charge in [0.05, 0.1) is 24.4 Å². The van der Waals surface area contributed by atoms with Crippen molar-refractivity contribution >= 4 is 0 Å². The van der Waals surface area contributed by atoms with Crippen LogP contribution in [0.1, 0.15) is 28.1 Å². The molecule has 0 amide bonds. The zero-order valence-corrected chi connectivity index (χ0v) is 11.2. The zero-order valence-electron chi connectivity index (χ0n) is 11.2. The largest absolute Gasteiger partial charge is 0.416 e. The van der Waals surface area contributed by atoms with Gasteiger partial charge in [0.25, 0.3) is 0 Å². The Hall–Kier alpha value is -1.82. The fourth-order valence-corrected chi connectivity index (χ4v) is 2.21. The lowest BCUT2D eigenvalue weighted by atomic mass is 10.1. The summed E-state index contributed by atoms with van der Waals surface area (Å²) in [5, 5.41) is 13.4. The molecule has 1 aromatic heterocycles. The minimum absolute atomic E-state index is 0.0301. The van der Waals surface area contributed by atoms with E-state index in [4.69, 9.17) is 0 Å². The van der Waals surface area contributed by atoms with Crippen LogP contribution >= 0.6 is 0 Å². The molecule has 1 N–H and O–H groups in total. The van der Waals surface area contributed by atoms with Crippen molar-refractivity contribution in [3.8, 4) is 0 Å². The average molecular weight is 284 g/mol. The summed E-state index contributed by atoms with van der Waals surface area (Å²) in [6, 6.07) is 5.45. The van der Waals surface area contributed by atoms with E-state index in [1.54, 1.807) is 19.9 Å². The molecule has 0 bridgehead atoms. The predicted octanol–water partition coefficient (Wildman–Crippen LogP) is 3.06. The van der Waals surface area contributed by atoms with Gasteiger partial charge in [-0.25, -0.2) is 0 Å². The second-order valence-electron chi connectivity index (χ2n) is 4.62. The average Bonchev–Trinajstić information content (AvgIpc) is 2.63. The van der Waals surface area contributed by atoms with Gasteiger partial charge in [-0.1, -0.05) is 18.2 Å². The van der Waals surface area contributed by atoms with Crippen LogP contribution in [0, 0.1) is 13.8 Å². The van der Waals surface area contributed by atoms with Crippen LogP contribution in [0.3, 0.4) is 0 Å². The number of alkyl halides is 3. The van der Waals surface area contributed by atoms with Crippen molar-refractivity contribution in [1.82, 2.24) is 9.78 Å². The summed E-state index contributed by atoms with van der Waals surface area (Å²) < 4.78 is 40.3. The summed E-state index contributed by atoms with van der Waals surface area (Å²) >= 11 is 0. The number of aryl methyl sites for hydroxylation is 1. The fourth-order valence-electron chi connectivity index (χ4n) is 2.21. The van der Waals surface area contributed by atoms with Crippen LogP contribution in [0.5, 0.6) is 0 Å². The molecular formula is C14H15F3N2O. The Kier molecular flexibility index (Phi) is 3.85. The van der Waals surface area contributed by atoms with E-state index in [0.717, 1.165) is 6.07 Å². The summed E-state index contributed by atoms with van der Waals surface area (Å²) in [7, 11) is 0. The third-order valence-electron chi connectivity index (χ3n) is 3.33. The van der Waals surface area contributed by atoms with Crippen molar-refractivity contribution in [3.63, 3.8) is 0 Å². The second-order valence-corrected chi connectivity index (χ2v) is 4.62. The molecule has 0 aliphatic heterocycles. The predicted molar refractivity (Wildman–Crippen MR) is 68.2 cm³/mol. The molecule has 0 aliphatic rings. The molecular weight excluding hydrogens is 269 g/mol. The lowest BCUT2D eigenvalue weighted by molar-refractivity contribution is -0.138. The van der Waals surface area contributed by atoms with Gasteiger partial charge in [-0.3, -0.25) is 4.68 Å². The Morgan fingerprint density at radius 1 is 1.20 bits per heavy atom. The highest BCUT2D eigenvalue weighted by atomic mass is 19.4. The van der Waals surface area contributed by atoms with Crippen LogP contribution in [0.4, 0.5) is 13.2 Å². The number of halogens is 3. The van der Waals surface area contributed by atoms with E-state index in [2.05, 4.69) is 5.10 Å². The zero-order chi connectivity index (χ0) is 14.9. The molecule has 2 rings (SSSR count). The Balaban J connectivity index is 2.41. The Labute approximate surface area is 114 Å². The molecule has 0 unspecified atom stereocenters. The maximum atomic E-state index is 12.9. The van der Waals surface area contributed by atoms with Gasteiger partial charge in [-0.15, -0.1) is 0 Å². The molecule has 1 aromatic carbocycles. The number of aliphatic hydroxyl groups excluding tert-OH is 1. The lowest BCUT2D eigenvalue weighted by Gasteiger charge is -2.13. The van der Waals surface area contributed by atoms with Crippen molar-refractivity contribution in [2.45, 2.75) is 33.2 Å². The Bertz CT molecular complexity index is 617. The van der Waals surface area contributed by atoms with Gasteiger partial charge < -0.3 is 5.11 Å². The van der Waals surface area contributed by atoms with Crippen molar-refractivity contribution in [3.05, 3.63) is 52.3 Å². The van der Waals surface area contributed by atoms with E-state index in [9.17, 15) is 18.3 Å². The fraction of sp³-hybridized carbons (Fsp3) is 0.357. The normalized spacial score (nSPS) is 11.9. The van der Waals surface area contributed by atoms with Crippen molar-refractivity contribution in [1.29, 1.82) is 0 Å². The van der Waals surface area contributed by atoms with E-state index < -0.39 is 11.7 Å². The summed E-state index contributed by atoms with van der Waals surface area (Å²) in [5.74, 6) is 0. The van der Waals surface area contributed by atoms with Gasteiger partial charge in [-0.05, 0) is 25.5 Å². The molecule has 0 saturated carbocycles. The van der Waals surface area contributed by atoms with Crippen molar-refractivity contribution in [2.24, 2.45) is 0 Å².